The van der Waals surface area contributed by atoms with Crippen molar-refractivity contribution in [2.24, 2.45) is 0 Å². The van der Waals surface area contributed by atoms with Gasteiger partial charge in [-0.2, -0.15) is 0 Å². The molecule has 1 aliphatic rings. The van der Waals surface area contributed by atoms with Crippen LogP contribution in [0.5, 0.6) is 0 Å². The first-order valence-electron chi connectivity index (χ1n) is 6.68. The summed E-state index contributed by atoms with van der Waals surface area (Å²) in [6.07, 6.45) is -0.651. The molecule has 8 nitrogen and oxygen atoms in total. The Kier molecular flexibility index (Phi) is 7.93. The molecule has 1 unspecified atom stereocenters. The van der Waals surface area contributed by atoms with Crippen molar-refractivity contribution in [2.75, 3.05) is 53.0 Å². The minimum Gasteiger partial charge on any atom is -0.481 e. The molecular weight excluding hydrogens is 266 g/mol. The number of rotatable bonds is 8. The number of methoxy groups -OCH3 is 1. The number of urea groups is 1. The van der Waals surface area contributed by atoms with Crippen LogP contribution in [0.2, 0.25) is 0 Å². The van der Waals surface area contributed by atoms with Crippen LogP contribution in [0.1, 0.15) is 6.42 Å². The van der Waals surface area contributed by atoms with Crippen LogP contribution < -0.4 is 10.6 Å². The molecule has 20 heavy (non-hydrogen) atoms. The molecule has 1 saturated heterocycles. The maximum Gasteiger partial charge on any atom is 0.314 e. The summed E-state index contributed by atoms with van der Waals surface area (Å²) >= 11 is 0. The third-order valence-corrected chi connectivity index (χ3v) is 3.04. The van der Waals surface area contributed by atoms with Gasteiger partial charge in [-0.3, -0.25) is 9.69 Å². The molecule has 116 valence electrons. The van der Waals surface area contributed by atoms with E-state index >= 15 is 0 Å². The lowest BCUT2D eigenvalue weighted by atomic mass is 10.2. The number of carboxylic acids is 1. The zero-order chi connectivity index (χ0) is 14.8. The smallest absolute Gasteiger partial charge is 0.314 e. The highest BCUT2D eigenvalue weighted by Gasteiger charge is 2.14. The minimum atomic E-state index is -0.952. The molecule has 0 aromatic heterocycles. The number of aliphatic carboxylic acids is 1. The zero-order valence-corrected chi connectivity index (χ0v) is 11.8. The second-order valence-corrected chi connectivity index (χ2v) is 4.55. The second-order valence-electron chi connectivity index (χ2n) is 4.55. The Labute approximate surface area is 118 Å². The average molecular weight is 289 g/mol. The average Bonchev–Trinajstić information content (AvgIpc) is 2.44. The van der Waals surface area contributed by atoms with E-state index in [1.807, 2.05) is 0 Å². The SMILES string of the molecule is COC(CNC(=O)NCCN1CCOCC1)CC(=O)O. The molecule has 1 rings (SSSR count). The molecule has 1 aliphatic heterocycles. The van der Waals surface area contributed by atoms with E-state index in [4.69, 9.17) is 14.6 Å². The van der Waals surface area contributed by atoms with Gasteiger partial charge in [-0.05, 0) is 0 Å². The van der Waals surface area contributed by atoms with Crippen LogP contribution in [-0.4, -0.2) is 81.2 Å². The largest absolute Gasteiger partial charge is 0.481 e. The summed E-state index contributed by atoms with van der Waals surface area (Å²) < 4.78 is 10.2. The molecule has 1 fully saturated rings. The van der Waals surface area contributed by atoms with Crippen LogP contribution in [0.15, 0.2) is 0 Å². The Bertz CT molecular complexity index is 307. The number of carbonyl (C=O) groups is 2. The van der Waals surface area contributed by atoms with Crippen LogP contribution in [0.4, 0.5) is 4.79 Å². The summed E-state index contributed by atoms with van der Waals surface area (Å²) in [5.74, 6) is -0.952. The van der Waals surface area contributed by atoms with E-state index in [1.165, 1.54) is 7.11 Å². The first-order valence-corrected chi connectivity index (χ1v) is 6.68. The van der Waals surface area contributed by atoms with Crippen molar-refractivity contribution in [3.8, 4) is 0 Å². The molecule has 2 amide bonds. The first-order chi connectivity index (χ1) is 9.61. The van der Waals surface area contributed by atoms with E-state index in [9.17, 15) is 9.59 Å². The van der Waals surface area contributed by atoms with Gasteiger partial charge in [0.25, 0.3) is 0 Å². The summed E-state index contributed by atoms with van der Waals surface area (Å²) in [6.45, 7) is 4.73. The number of nitrogens with zero attached hydrogens (tertiary/aromatic N) is 1. The predicted octanol–water partition coefficient (Wildman–Crippen LogP) is -0.892. The van der Waals surface area contributed by atoms with Crippen molar-refractivity contribution >= 4 is 12.0 Å². The highest BCUT2D eigenvalue weighted by atomic mass is 16.5. The quantitative estimate of drug-likeness (QED) is 0.536. The van der Waals surface area contributed by atoms with Gasteiger partial charge in [-0.25, -0.2) is 4.79 Å². The van der Waals surface area contributed by atoms with Crippen molar-refractivity contribution in [1.82, 2.24) is 15.5 Å². The molecule has 0 aromatic carbocycles. The monoisotopic (exact) mass is 289 g/mol. The molecule has 0 saturated carbocycles. The van der Waals surface area contributed by atoms with E-state index in [2.05, 4.69) is 15.5 Å². The molecule has 3 N–H and O–H groups in total. The van der Waals surface area contributed by atoms with Crippen LogP contribution >= 0.6 is 0 Å². The highest BCUT2D eigenvalue weighted by molar-refractivity contribution is 5.74. The summed E-state index contributed by atoms with van der Waals surface area (Å²) in [6, 6.07) is -0.314. The van der Waals surface area contributed by atoms with E-state index in [-0.39, 0.29) is 19.0 Å². The molecule has 0 radical (unpaired) electrons. The predicted molar refractivity (Wildman–Crippen MR) is 71.7 cm³/mol. The topological polar surface area (TPSA) is 100 Å². The second kappa shape index (κ2) is 9.51. The third kappa shape index (κ3) is 7.27. The highest BCUT2D eigenvalue weighted by Crippen LogP contribution is 1.96. The Hall–Kier alpha value is -1.38. The van der Waals surface area contributed by atoms with E-state index in [0.29, 0.717) is 6.54 Å². The Morgan fingerprint density at radius 1 is 1.35 bits per heavy atom. The van der Waals surface area contributed by atoms with Gasteiger partial charge in [0.05, 0.1) is 25.7 Å². The van der Waals surface area contributed by atoms with E-state index in [1.54, 1.807) is 0 Å². The molecule has 0 spiro atoms. The van der Waals surface area contributed by atoms with Crippen molar-refractivity contribution < 1.29 is 24.2 Å². The molecule has 1 heterocycles. The van der Waals surface area contributed by atoms with Crippen LogP contribution in [0, 0.1) is 0 Å². The fourth-order valence-electron chi connectivity index (χ4n) is 1.85. The summed E-state index contributed by atoms with van der Waals surface area (Å²) in [7, 11) is 1.42. The number of carboxylic acid groups (broad SMARTS) is 1. The van der Waals surface area contributed by atoms with Gasteiger partial charge in [0.1, 0.15) is 0 Å². The van der Waals surface area contributed by atoms with Gasteiger partial charge in [0.2, 0.25) is 0 Å². The van der Waals surface area contributed by atoms with Gasteiger partial charge >= 0.3 is 12.0 Å². The van der Waals surface area contributed by atoms with Crippen LogP contribution in [0.3, 0.4) is 0 Å². The number of amides is 2. The number of hydrogen-bond acceptors (Lipinski definition) is 5. The lowest BCUT2D eigenvalue weighted by Gasteiger charge is -2.26. The maximum absolute atomic E-state index is 11.5. The van der Waals surface area contributed by atoms with Gasteiger partial charge in [-0.15, -0.1) is 0 Å². The zero-order valence-electron chi connectivity index (χ0n) is 11.8. The lowest BCUT2D eigenvalue weighted by molar-refractivity contribution is -0.139. The standard InChI is InChI=1S/C12H23N3O5/c1-19-10(8-11(16)17)9-14-12(18)13-2-3-15-4-6-20-7-5-15/h10H,2-9H2,1H3,(H,16,17)(H2,13,14,18). The van der Waals surface area contributed by atoms with Crippen molar-refractivity contribution in [3.05, 3.63) is 0 Å². The van der Waals surface area contributed by atoms with Gasteiger partial charge in [0, 0.05) is 39.8 Å². The van der Waals surface area contributed by atoms with Crippen molar-refractivity contribution in [1.29, 1.82) is 0 Å². The van der Waals surface area contributed by atoms with E-state index < -0.39 is 12.1 Å². The fourth-order valence-corrected chi connectivity index (χ4v) is 1.85. The third-order valence-electron chi connectivity index (χ3n) is 3.04. The van der Waals surface area contributed by atoms with Crippen LogP contribution in [-0.2, 0) is 14.3 Å². The number of nitrogens with one attached hydrogen (secondary N) is 2. The van der Waals surface area contributed by atoms with E-state index in [0.717, 1.165) is 32.8 Å². The first kappa shape index (κ1) is 16.7. The van der Waals surface area contributed by atoms with Gasteiger partial charge in [0.15, 0.2) is 0 Å². The minimum absolute atomic E-state index is 0.134. The Morgan fingerprint density at radius 2 is 2.05 bits per heavy atom. The summed E-state index contributed by atoms with van der Waals surface area (Å²) in [4.78, 5) is 24.3. The number of ether oxygens (including phenoxy) is 2. The molecule has 0 aliphatic carbocycles. The van der Waals surface area contributed by atoms with Crippen molar-refractivity contribution in [3.63, 3.8) is 0 Å². The van der Waals surface area contributed by atoms with Crippen molar-refractivity contribution in [2.45, 2.75) is 12.5 Å². The Balaban J connectivity index is 2.08. The molecular formula is C12H23N3O5. The fraction of sp³-hybridized carbons (Fsp3) is 0.833. The number of carbonyl (C=O) groups excluding carboxylic acids is 1. The van der Waals surface area contributed by atoms with Gasteiger partial charge in [-0.1, -0.05) is 0 Å². The van der Waals surface area contributed by atoms with Crippen LogP contribution in [0.25, 0.3) is 0 Å². The molecule has 0 aromatic rings. The molecule has 8 heteroatoms. The van der Waals surface area contributed by atoms with Gasteiger partial charge < -0.3 is 25.2 Å². The maximum atomic E-state index is 11.5. The Morgan fingerprint density at radius 3 is 2.65 bits per heavy atom. The molecule has 0 bridgehead atoms. The number of morpholine rings is 1. The lowest BCUT2D eigenvalue weighted by Crippen LogP contribution is -2.45. The number of hydrogen-bond donors (Lipinski definition) is 3. The summed E-state index contributed by atoms with van der Waals surface area (Å²) in [5.41, 5.74) is 0. The molecule has 1 atom stereocenters. The normalized spacial score (nSPS) is 17.4. The summed E-state index contributed by atoms with van der Waals surface area (Å²) in [5, 5.41) is 14.0.